The van der Waals surface area contributed by atoms with E-state index in [2.05, 4.69) is 22.1 Å². The van der Waals surface area contributed by atoms with Crippen LogP contribution in [0.1, 0.15) is 41.4 Å². The summed E-state index contributed by atoms with van der Waals surface area (Å²) in [6.45, 7) is 2.56. The summed E-state index contributed by atoms with van der Waals surface area (Å²) < 4.78 is 25.0. The van der Waals surface area contributed by atoms with E-state index in [4.69, 9.17) is 15.2 Å². The topological polar surface area (TPSA) is 86.5 Å². The Morgan fingerprint density at radius 2 is 2.11 bits per heavy atom. The highest BCUT2D eigenvalue weighted by atomic mass is 19.1. The molecule has 0 aliphatic carbocycles. The second-order valence-electron chi connectivity index (χ2n) is 5.89. The first-order chi connectivity index (χ1) is 13.6. The molecule has 1 aromatic carbocycles. The number of benzene rings is 1. The van der Waals surface area contributed by atoms with Crippen LogP contribution in [0.25, 0.3) is 0 Å². The van der Waals surface area contributed by atoms with Crippen LogP contribution in [0.4, 0.5) is 10.2 Å². The van der Waals surface area contributed by atoms with Crippen LogP contribution in [0, 0.1) is 17.7 Å². The van der Waals surface area contributed by atoms with Gasteiger partial charge in [-0.25, -0.2) is 9.37 Å². The number of hydrogen-bond acceptors (Lipinski definition) is 5. The Bertz CT molecular complexity index is 875. The number of anilines is 1. The Balaban J connectivity index is 1.98. The highest BCUT2D eigenvalue weighted by molar-refractivity contribution is 5.98. The smallest absolute Gasteiger partial charge is 0.255 e. The Kier molecular flexibility index (Phi) is 8.25. The zero-order chi connectivity index (χ0) is 20.4. The van der Waals surface area contributed by atoms with Crippen LogP contribution >= 0.6 is 0 Å². The van der Waals surface area contributed by atoms with Gasteiger partial charge in [0.15, 0.2) is 11.6 Å². The Morgan fingerprint density at radius 3 is 2.82 bits per heavy atom. The summed E-state index contributed by atoms with van der Waals surface area (Å²) in [7, 11) is 1.55. The molecule has 0 spiro atoms. The summed E-state index contributed by atoms with van der Waals surface area (Å²) in [6, 6.07) is 8.03. The second kappa shape index (κ2) is 10.9. The summed E-state index contributed by atoms with van der Waals surface area (Å²) in [5, 5.41) is 2.65. The van der Waals surface area contributed by atoms with E-state index in [-0.39, 0.29) is 23.7 Å². The number of carbonyl (C=O) groups excluding carboxylic acids is 1. The number of pyridine rings is 1. The minimum atomic E-state index is -0.507. The molecule has 0 aliphatic rings. The van der Waals surface area contributed by atoms with E-state index in [9.17, 15) is 9.18 Å². The molecule has 1 amide bonds. The maximum Gasteiger partial charge on any atom is 0.255 e. The first-order valence-corrected chi connectivity index (χ1v) is 8.95. The van der Waals surface area contributed by atoms with Gasteiger partial charge < -0.3 is 20.5 Å². The largest absolute Gasteiger partial charge is 0.490 e. The summed E-state index contributed by atoms with van der Waals surface area (Å²) in [5.74, 6) is 5.15. The Morgan fingerprint density at radius 1 is 1.29 bits per heavy atom. The van der Waals surface area contributed by atoms with E-state index in [0.29, 0.717) is 30.9 Å². The number of rotatable bonds is 8. The average Bonchev–Trinajstić information content (AvgIpc) is 2.68. The molecule has 0 bridgehead atoms. The van der Waals surface area contributed by atoms with Crippen molar-refractivity contribution in [2.75, 3.05) is 19.5 Å². The zero-order valence-corrected chi connectivity index (χ0v) is 16.0. The van der Waals surface area contributed by atoms with Crippen LogP contribution in [0.5, 0.6) is 5.75 Å². The van der Waals surface area contributed by atoms with Crippen LogP contribution in [-0.2, 0) is 17.9 Å². The normalized spacial score (nSPS) is 10.1. The van der Waals surface area contributed by atoms with Crippen molar-refractivity contribution >= 4 is 11.7 Å². The van der Waals surface area contributed by atoms with Gasteiger partial charge in [0.1, 0.15) is 5.82 Å². The summed E-state index contributed by atoms with van der Waals surface area (Å²) in [4.78, 5) is 16.5. The monoisotopic (exact) mass is 385 g/mol. The van der Waals surface area contributed by atoms with Crippen molar-refractivity contribution in [2.45, 2.75) is 32.9 Å². The maximum atomic E-state index is 14.6. The van der Waals surface area contributed by atoms with Crippen LogP contribution in [0.15, 0.2) is 30.3 Å². The van der Waals surface area contributed by atoms with Crippen molar-refractivity contribution in [3.05, 3.63) is 53.0 Å². The van der Waals surface area contributed by atoms with E-state index < -0.39 is 11.7 Å². The quantitative estimate of drug-likeness (QED) is 0.539. The number of nitrogens with zero attached hydrogens (tertiary/aromatic N) is 1. The van der Waals surface area contributed by atoms with Gasteiger partial charge in [-0.2, -0.15) is 0 Å². The number of nitrogens with two attached hydrogens (primary N) is 1. The maximum absolute atomic E-state index is 14.6. The number of ether oxygens (including phenoxy) is 2. The van der Waals surface area contributed by atoms with Crippen molar-refractivity contribution in [1.82, 2.24) is 10.3 Å². The van der Waals surface area contributed by atoms with Gasteiger partial charge in [0.05, 0.1) is 24.5 Å². The van der Waals surface area contributed by atoms with Crippen molar-refractivity contribution < 1.29 is 18.7 Å². The molecular formula is C21H24FN3O3. The molecule has 0 radical (unpaired) electrons. The molecule has 2 rings (SSSR count). The second-order valence-corrected chi connectivity index (χ2v) is 5.89. The predicted octanol–water partition coefficient (Wildman–Crippen LogP) is 3.06. The first-order valence-electron chi connectivity index (χ1n) is 8.95. The number of amides is 1. The van der Waals surface area contributed by atoms with Gasteiger partial charge in [0.2, 0.25) is 0 Å². The molecule has 0 fully saturated rings. The van der Waals surface area contributed by atoms with Crippen LogP contribution in [0.2, 0.25) is 0 Å². The summed E-state index contributed by atoms with van der Waals surface area (Å²) in [5.41, 5.74) is 6.99. The molecule has 0 saturated heterocycles. The third kappa shape index (κ3) is 5.96. The first kappa shape index (κ1) is 21.2. The molecule has 7 heteroatoms. The van der Waals surface area contributed by atoms with E-state index in [0.717, 1.165) is 6.42 Å². The van der Waals surface area contributed by atoms with Gasteiger partial charge >= 0.3 is 0 Å². The molecule has 0 unspecified atom stereocenters. The summed E-state index contributed by atoms with van der Waals surface area (Å²) in [6.07, 6.45) is 1.30. The summed E-state index contributed by atoms with van der Waals surface area (Å²) >= 11 is 0. The molecule has 0 saturated carbocycles. The lowest BCUT2D eigenvalue weighted by molar-refractivity contribution is 0.0951. The Labute approximate surface area is 164 Å². The number of halogens is 1. The van der Waals surface area contributed by atoms with E-state index in [1.54, 1.807) is 37.4 Å². The minimum absolute atomic E-state index is 0.00320. The van der Waals surface area contributed by atoms with Crippen molar-refractivity contribution in [3.8, 4) is 17.6 Å². The van der Waals surface area contributed by atoms with Crippen LogP contribution < -0.4 is 15.8 Å². The van der Waals surface area contributed by atoms with Crippen molar-refractivity contribution in [3.63, 3.8) is 0 Å². The molecule has 0 aliphatic heterocycles. The molecule has 0 atom stereocenters. The predicted molar refractivity (Wildman–Crippen MR) is 105 cm³/mol. The molecule has 1 heterocycles. The molecule has 1 aromatic heterocycles. The molecule has 148 valence electrons. The fourth-order valence-corrected chi connectivity index (χ4v) is 2.44. The lowest BCUT2D eigenvalue weighted by Gasteiger charge is -2.11. The van der Waals surface area contributed by atoms with Crippen LogP contribution in [-0.4, -0.2) is 24.6 Å². The average molecular weight is 385 g/mol. The highest BCUT2D eigenvalue weighted by Crippen LogP contribution is 2.21. The molecular weight excluding hydrogens is 361 g/mol. The van der Waals surface area contributed by atoms with Gasteiger partial charge in [-0.15, -0.1) is 5.92 Å². The van der Waals surface area contributed by atoms with Gasteiger partial charge in [-0.1, -0.05) is 25.0 Å². The lowest BCUT2D eigenvalue weighted by atomic mass is 10.1. The van der Waals surface area contributed by atoms with E-state index in [1.165, 1.54) is 0 Å². The third-order valence-corrected chi connectivity index (χ3v) is 3.79. The van der Waals surface area contributed by atoms with Crippen molar-refractivity contribution in [1.29, 1.82) is 0 Å². The number of carbonyl (C=O) groups is 1. The Hall–Kier alpha value is -3.11. The number of hydrogen-bond donors (Lipinski definition) is 2. The number of nitrogens with one attached hydrogen (secondary N) is 1. The lowest BCUT2D eigenvalue weighted by Crippen LogP contribution is -2.25. The number of methoxy groups -OCH3 is 1. The SMILES string of the molecule is CCC#CCCOc1cccc(CNC(=O)c2ccc(COC)nc2N)c1F. The van der Waals surface area contributed by atoms with Gasteiger partial charge in [-0.05, 0) is 18.2 Å². The fraction of sp³-hybridized carbons (Fsp3) is 0.333. The molecule has 28 heavy (non-hydrogen) atoms. The molecule has 3 N–H and O–H groups in total. The third-order valence-electron chi connectivity index (χ3n) is 3.79. The van der Waals surface area contributed by atoms with Gasteiger partial charge in [0, 0.05) is 32.1 Å². The van der Waals surface area contributed by atoms with Gasteiger partial charge in [0.25, 0.3) is 5.91 Å². The van der Waals surface area contributed by atoms with E-state index >= 15 is 0 Å². The van der Waals surface area contributed by atoms with E-state index in [1.807, 2.05) is 6.92 Å². The number of nitrogen functional groups attached to an aromatic ring is 1. The van der Waals surface area contributed by atoms with Crippen LogP contribution in [0.3, 0.4) is 0 Å². The van der Waals surface area contributed by atoms with Crippen molar-refractivity contribution in [2.24, 2.45) is 0 Å². The molecule has 2 aromatic rings. The minimum Gasteiger partial charge on any atom is -0.490 e. The van der Waals surface area contributed by atoms with Gasteiger partial charge in [-0.3, -0.25) is 4.79 Å². The molecule has 6 nitrogen and oxygen atoms in total. The zero-order valence-electron chi connectivity index (χ0n) is 16.0. The highest BCUT2D eigenvalue weighted by Gasteiger charge is 2.14. The standard InChI is InChI=1S/C21H24FN3O3/c1-3-4-5-6-12-28-18-9-7-8-15(19(18)22)13-24-21(26)17-11-10-16(14-27-2)25-20(17)23/h7-11H,3,6,12-14H2,1-2H3,(H2,23,25)(H,24,26). The fourth-order valence-electron chi connectivity index (χ4n) is 2.44. The number of aromatic nitrogens is 1.